The summed E-state index contributed by atoms with van der Waals surface area (Å²) in [7, 11) is 0. The summed E-state index contributed by atoms with van der Waals surface area (Å²) in [6, 6.07) is 7.39. The molecule has 1 aliphatic rings. The van der Waals surface area contributed by atoms with Gasteiger partial charge in [-0.05, 0) is 31.5 Å². The molecule has 1 aromatic rings. The Labute approximate surface area is 172 Å². The van der Waals surface area contributed by atoms with Gasteiger partial charge in [-0.25, -0.2) is 0 Å². The quantitative estimate of drug-likeness (QED) is 0.570. The normalized spacial score (nSPS) is 16.4. The number of piperazine rings is 1. The van der Waals surface area contributed by atoms with Gasteiger partial charge in [0, 0.05) is 37.2 Å². The van der Waals surface area contributed by atoms with Crippen LogP contribution in [0, 0.1) is 0 Å². The highest BCUT2D eigenvalue weighted by molar-refractivity contribution is 6.30. The van der Waals surface area contributed by atoms with Crippen molar-refractivity contribution >= 4 is 23.4 Å². The number of ether oxygens (including phenoxy) is 1. The lowest BCUT2D eigenvalue weighted by Gasteiger charge is -2.34. The van der Waals surface area contributed by atoms with E-state index in [9.17, 15) is 9.59 Å². The van der Waals surface area contributed by atoms with E-state index in [1.54, 1.807) is 12.1 Å². The topological polar surface area (TPSA) is 73.9 Å². The first-order valence-corrected chi connectivity index (χ1v) is 10.2. The molecule has 8 heteroatoms. The number of benzene rings is 1. The highest BCUT2D eigenvalue weighted by Crippen LogP contribution is 2.16. The Morgan fingerprint density at radius 2 is 1.79 bits per heavy atom. The molecule has 2 rings (SSSR count). The molecule has 1 heterocycles. The number of carbonyl (C=O) groups is 2. The van der Waals surface area contributed by atoms with Crippen LogP contribution >= 0.6 is 11.6 Å². The number of carbonyl (C=O) groups excluding carboxylic acids is 2. The molecule has 0 radical (unpaired) electrons. The third kappa shape index (κ3) is 8.46. The lowest BCUT2D eigenvalue weighted by atomic mass is 10.2. The molecule has 7 nitrogen and oxygen atoms in total. The zero-order valence-corrected chi connectivity index (χ0v) is 17.5. The van der Waals surface area contributed by atoms with Gasteiger partial charge in [0.25, 0.3) is 0 Å². The standard InChI is InChI=1S/C20H31ClN4O3/c1-3-16(2)23-20(27)15-25-10-8-24(9-11-25)14-19(26)22-7-12-28-18-6-4-5-17(21)13-18/h4-6,13,16H,3,7-12,14-15H2,1-2H3,(H,22,26)(H,23,27). The lowest BCUT2D eigenvalue weighted by Crippen LogP contribution is -2.52. The van der Waals surface area contributed by atoms with E-state index in [0.717, 1.165) is 32.6 Å². The van der Waals surface area contributed by atoms with Gasteiger partial charge in [0.05, 0.1) is 19.6 Å². The number of hydrogen-bond donors (Lipinski definition) is 2. The number of rotatable bonds is 10. The maximum Gasteiger partial charge on any atom is 0.234 e. The average molecular weight is 411 g/mol. The summed E-state index contributed by atoms with van der Waals surface area (Å²) >= 11 is 5.90. The molecule has 1 aromatic carbocycles. The summed E-state index contributed by atoms with van der Waals surface area (Å²) in [6.07, 6.45) is 0.929. The van der Waals surface area contributed by atoms with Crippen LogP contribution in [0.1, 0.15) is 20.3 Å². The van der Waals surface area contributed by atoms with Gasteiger partial charge in [0.15, 0.2) is 0 Å². The van der Waals surface area contributed by atoms with E-state index in [0.29, 0.717) is 37.0 Å². The minimum Gasteiger partial charge on any atom is -0.492 e. The van der Waals surface area contributed by atoms with Gasteiger partial charge in [-0.15, -0.1) is 0 Å². The third-order valence-corrected chi connectivity index (χ3v) is 4.94. The second kappa shape index (κ2) is 11.9. The predicted molar refractivity (Wildman–Crippen MR) is 111 cm³/mol. The van der Waals surface area contributed by atoms with Crippen LogP contribution in [-0.2, 0) is 9.59 Å². The third-order valence-electron chi connectivity index (χ3n) is 4.71. The Morgan fingerprint density at radius 1 is 1.14 bits per heavy atom. The molecule has 1 aliphatic heterocycles. The molecule has 0 saturated carbocycles. The van der Waals surface area contributed by atoms with Crippen molar-refractivity contribution in [1.29, 1.82) is 0 Å². The van der Waals surface area contributed by atoms with Crippen LogP contribution in [0.3, 0.4) is 0 Å². The van der Waals surface area contributed by atoms with E-state index in [-0.39, 0.29) is 17.9 Å². The average Bonchev–Trinajstić information content (AvgIpc) is 2.66. The van der Waals surface area contributed by atoms with Crippen molar-refractivity contribution in [3.63, 3.8) is 0 Å². The maximum atomic E-state index is 12.1. The molecule has 1 atom stereocenters. The van der Waals surface area contributed by atoms with Crippen molar-refractivity contribution in [2.75, 3.05) is 52.4 Å². The van der Waals surface area contributed by atoms with Gasteiger partial charge in [-0.2, -0.15) is 0 Å². The number of amides is 2. The van der Waals surface area contributed by atoms with Crippen molar-refractivity contribution in [1.82, 2.24) is 20.4 Å². The first kappa shape index (κ1) is 22.5. The SMILES string of the molecule is CCC(C)NC(=O)CN1CCN(CC(=O)NCCOc2cccc(Cl)c2)CC1. The first-order chi connectivity index (χ1) is 13.5. The summed E-state index contributed by atoms with van der Waals surface area (Å²) in [5.74, 6) is 0.744. The minimum absolute atomic E-state index is 0.0161. The Kier molecular flexibility index (Phi) is 9.54. The Morgan fingerprint density at radius 3 is 2.39 bits per heavy atom. The Hall–Kier alpha value is -1.83. The Balaban J connectivity index is 1.57. The minimum atomic E-state index is -0.0161. The van der Waals surface area contributed by atoms with Gasteiger partial charge in [0.2, 0.25) is 11.8 Å². The van der Waals surface area contributed by atoms with Crippen molar-refractivity contribution in [3.8, 4) is 5.75 Å². The van der Waals surface area contributed by atoms with E-state index in [4.69, 9.17) is 16.3 Å². The molecular formula is C20H31ClN4O3. The monoisotopic (exact) mass is 410 g/mol. The summed E-state index contributed by atoms with van der Waals surface area (Å²) in [5, 5.41) is 6.48. The molecule has 28 heavy (non-hydrogen) atoms. The van der Waals surface area contributed by atoms with Crippen LogP contribution in [0.15, 0.2) is 24.3 Å². The molecule has 2 amide bonds. The van der Waals surface area contributed by atoms with Crippen LogP contribution in [0.25, 0.3) is 0 Å². The summed E-state index contributed by atoms with van der Waals surface area (Å²) in [4.78, 5) is 28.3. The lowest BCUT2D eigenvalue weighted by molar-refractivity contribution is -0.125. The van der Waals surface area contributed by atoms with Crippen LogP contribution in [0.4, 0.5) is 0 Å². The van der Waals surface area contributed by atoms with E-state index in [1.807, 2.05) is 19.1 Å². The zero-order valence-electron chi connectivity index (χ0n) is 16.7. The van der Waals surface area contributed by atoms with E-state index < -0.39 is 0 Å². The largest absolute Gasteiger partial charge is 0.492 e. The highest BCUT2D eigenvalue weighted by Gasteiger charge is 2.20. The van der Waals surface area contributed by atoms with E-state index in [1.165, 1.54) is 0 Å². The smallest absolute Gasteiger partial charge is 0.234 e. The second-order valence-electron chi connectivity index (χ2n) is 7.08. The molecule has 0 aliphatic carbocycles. The number of nitrogens with zero attached hydrogens (tertiary/aromatic N) is 2. The van der Waals surface area contributed by atoms with Crippen LogP contribution in [0.5, 0.6) is 5.75 Å². The van der Waals surface area contributed by atoms with Crippen LogP contribution in [0.2, 0.25) is 5.02 Å². The van der Waals surface area contributed by atoms with Crippen LogP contribution in [-0.4, -0.2) is 80.1 Å². The van der Waals surface area contributed by atoms with E-state index in [2.05, 4.69) is 27.4 Å². The van der Waals surface area contributed by atoms with Crippen molar-refractivity contribution in [3.05, 3.63) is 29.3 Å². The summed E-state index contributed by atoms with van der Waals surface area (Å²) in [6.45, 7) is 8.83. The number of hydrogen-bond acceptors (Lipinski definition) is 5. The zero-order chi connectivity index (χ0) is 20.4. The fourth-order valence-corrected chi connectivity index (χ4v) is 3.09. The molecule has 2 N–H and O–H groups in total. The summed E-state index contributed by atoms with van der Waals surface area (Å²) < 4.78 is 5.56. The van der Waals surface area contributed by atoms with Crippen molar-refractivity contribution in [2.45, 2.75) is 26.3 Å². The molecule has 0 spiro atoms. The highest BCUT2D eigenvalue weighted by atomic mass is 35.5. The molecule has 0 bridgehead atoms. The number of halogens is 1. The second-order valence-corrected chi connectivity index (χ2v) is 7.52. The van der Waals surface area contributed by atoms with Crippen molar-refractivity contribution in [2.24, 2.45) is 0 Å². The van der Waals surface area contributed by atoms with Crippen LogP contribution < -0.4 is 15.4 Å². The fraction of sp³-hybridized carbons (Fsp3) is 0.600. The molecule has 0 aromatic heterocycles. The van der Waals surface area contributed by atoms with Gasteiger partial charge >= 0.3 is 0 Å². The summed E-state index contributed by atoms with van der Waals surface area (Å²) in [5.41, 5.74) is 0. The maximum absolute atomic E-state index is 12.1. The van der Waals surface area contributed by atoms with Gasteiger partial charge in [-0.1, -0.05) is 24.6 Å². The molecule has 1 saturated heterocycles. The fourth-order valence-electron chi connectivity index (χ4n) is 2.91. The molecule has 1 unspecified atom stereocenters. The van der Waals surface area contributed by atoms with Gasteiger partial charge < -0.3 is 15.4 Å². The van der Waals surface area contributed by atoms with E-state index >= 15 is 0 Å². The van der Waals surface area contributed by atoms with Crippen molar-refractivity contribution < 1.29 is 14.3 Å². The molecule has 156 valence electrons. The molecular weight excluding hydrogens is 380 g/mol. The van der Waals surface area contributed by atoms with Gasteiger partial charge in [0.1, 0.15) is 12.4 Å². The number of nitrogens with one attached hydrogen (secondary N) is 2. The first-order valence-electron chi connectivity index (χ1n) is 9.85. The Bertz CT molecular complexity index is 636. The van der Waals surface area contributed by atoms with Gasteiger partial charge in [-0.3, -0.25) is 19.4 Å². The molecule has 1 fully saturated rings. The predicted octanol–water partition coefficient (Wildman–Crippen LogP) is 1.37.